The summed E-state index contributed by atoms with van der Waals surface area (Å²) in [5, 5.41) is 9.40. The molecule has 4 nitrogen and oxygen atoms in total. The highest BCUT2D eigenvalue weighted by Crippen LogP contribution is 2.39. The monoisotopic (exact) mass is 273 g/mol. The van der Waals surface area contributed by atoms with Crippen LogP contribution in [-0.2, 0) is 9.22 Å². The number of nitrogens with zero attached hydrogens (tertiary/aromatic N) is 1. The number of rotatable bonds is 3. The van der Waals surface area contributed by atoms with Crippen molar-refractivity contribution in [2.24, 2.45) is 5.92 Å². The molecule has 1 fully saturated rings. The number of likely N-dealkylation sites (N-methyl/N-ethyl adjacent to an activating group) is 1. The Morgan fingerprint density at radius 2 is 1.89 bits per heavy atom. The molecule has 18 heavy (non-hydrogen) atoms. The molecule has 1 rings (SSSR count). The van der Waals surface area contributed by atoms with Crippen molar-refractivity contribution in [3.63, 3.8) is 0 Å². The number of carboxylic acids is 1. The van der Waals surface area contributed by atoms with Gasteiger partial charge >= 0.3 is 5.97 Å². The van der Waals surface area contributed by atoms with E-state index in [0.29, 0.717) is 6.54 Å². The van der Waals surface area contributed by atoms with Crippen molar-refractivity contribution in [3.8, 4) is 0 Å². The third-order valence-corrected chi connectivity index (χ3v) is 9.04. The lowest BCUT2D eigenvalue weighted by atomic mass is 10.0. The average Bonchev–Trinajstić information content (AvgIpc) is 2.38. The van der Waals surface area contributed by atoms with Gasteiger partial charge in [-0.05, 0) is 25.2 Å². The zero-order valence-corrected chi connectivity index (χ0v) is 13.7. The second-order valence-electron chi connectivity index (χ2n) is 7.00. The van der Waals surface area contributed by atoms with Gasteiger partial charge in [0.1, 0.15) is 6.04 Å². The fraction of sp³-hybridized carbons (Fsp3) is 0.923. The zero-order chi connectivity index (χ0) is 14.3. The van der Waals surface area contributed by atoms with Gasteiger partial charge in [0.25, 0.3) is 0 Å². The van der Waals surface area contributed by atoms with Gasteiger partial charge in [0, 0.05) is 12.5 Å². The van der Waals surface area contributed by atoms with E-state index >= 15 is 0 Å². The average molecular weight is 273 g/mol. The van der Waals surface area contributed by atoms with Crippen LogP contribution in [0.5, 0.6) is 0 Å². The van der Waals surface area contributed by atoms with Crippen LogP contribution in [-0.4, -0.2) is 50.0 Å². The largest absolute Gasteiger partial charge is 0.480 e. The Morgan fingerprint density at radius 1 is 1.39 bits per heavy atom. The molecule has 1 saturated heterocycles. The maximum absolute atomic E-state index is 11.2. The minimum atomic E-state index is -1.83. The standard InChI is InChI=1S/C13H27NO3Si/c1-9-10(8-14(5)11(9)12(15)16)17-18(6,7)13(2,3)4/h9-11H,8H2,1-7H3,(H,15,16)/t9-,10+,11+/m1/s1. The summed E-state index contributed by atoms with van der Waals surface area (Å²) in [7, 11) is 0.0401. The second-order valence-corrected chi connectivity index (χ2v) is 11.8. The number of aliphatic carboxylic acids is 1. The van der Waals surface area contributed by atoms with E-state index in [1.54, 1.807) is 0 Å². The van der Waals surface area contributed by atoms with Gasteiger partial charge in [-0.15, -0.1) is 0 Å². The van der Waals surface area contributed by atoms with Crippen molar-refractivity contribution in [3.05, 3.63) is 0 Å². The Balaban J connectivity index is 2.80. The highest BCUT2D eigenvalue weighted by Gasteiger charge is 2.47. The maximum Gasteiger partial charge on any atom is 0.321 e. The van der Waals surface area contributed by atoms with Crippen molar-refractivity contribution in [1.29, 1.82) is 0 Å². The van der Waals surface area contributed by atoms with Gasteiger partial charge < -0.3 is 9.53 Å². The molecule has 3 atom stereocenters. The van der Waals surface area contributed by atoms with E-state index in [0.717, 1.165) is 0 Å². The van der Waals surface area contributed by atoms with Crippen molar-refractivity contribution < 1.29 is 14.3 Å². The zero-order valence-electron chi connectivity index (χ0n) is 12.7. The van der Waals surface area contributed by atoms with E-state index < -0.39 is 20.3 Å². The maximum atomic E-state index is 11.2. The molecule has 0 amide bonds. The summed E-state index contributed by atoms with van der Waals surface area (Å²) in [5.41, 5.74) is 0. The quantitative estimate of drug-likeness (QED) is 0.802. The molecule has 0 bridgehead atoms. The van der Waals surface area contributed by atoms with Crippen molar-refractivity contribution in [2.75, 3.05) is 13.6 Å². The van der Waals surface area contributed by atoms with E-state index in [1.807, 2.05) is 18.9 Å². The third-order valence-electron chi connectivity index (χ3n) is 4.53. The summed E-state index contributed by atoms with van der Waals surface area (Å²) in [6.07, 6.45) is 0.0389. The Hall–Kier alpha value is -0.393. The molecule has 1 aliphatic rings. The molecular weight excluding hydrogens is 246 g/mol. The van der Waals surface area contributed by atoms with Crippen LogP contribution in [0.4, 0.5) is 0 Å². The number of carboxylic acid groups (broad SMARTS) is 1. The van der Waals surface area contributed by atoms with E-state index in [-0.39, 0.29) is 17.1 Å². The molecule has 0 unspecified atom stereocenters. The summed E-state index contributed by atoms with van der Waals surface area (Å²) in [5.74, 6) is -0.701. The van der Waals surface area contributed by atoms with Crippen LogP contribution in [0, 0.1) is 5.92 Å². The molecule has 0 aromatic rings. The summed E-state index contributed by atoms with van der Waals surface area (Å²) in [6, 6.07) is -0.417. The Labute approximate surface area is 111 Å². The minimum absolute atomic E-state index is 0.0389. The van der Waals surface area contributed by atoms with Crippen molar-refractivity contribution in [2.45, 2.75) is 58.0 Å². The fourth-order valence-electron chi connectivity index (χ4n) is 2.28. The lowest BCUT2D eigenvalue weighted by Crippen LogP contribution is -2.46. The summed E-state index contributed by atoms with van der Waals surface area (Å²) in [4.78, 5) is 13.1. The van der Waals surface area contributed by atoms with Gasteiger partial charge in [0.2, 0.25) is 0 Å². The van der Waals surface area contributed by atoms with Crippen LogP contribution in [0.25, 0.3) is 0 Å². The van der Waals surface area contributed by atoms with E-state index in [2.05, 4.69) is 33.9 Å². The minimum Gasteiger partial charge on any atom is -0.480 e. The first-order valence-electron chi connectivity index (χ1n) is 6.58. The third kappa shape index (κ3) is 2.95. The molecule has 1 aliphatic heterocycles. The molecule has 1 heterocycles. The Bertz CT molecular complexity index is 325. The summed E-state index contributed by atoms with van der Waals surface area (Å²) in [6.45, 7) is 13.7. The second kappa shape index (κ2) is 4.94. The topological polar surface area (TPSA) is 49.8 Å². The highest BCUT2D eigenvalue weighted by molar-refractivity contribution is 6.74. The first kappa shape index (κ1) is 15.7. The number of carbonyl (C=O) groups is 1. The van der Waals surface area contributed by atoms with Gasteiger partial charge in [0.05, 0.1) is 6.10 Å². The lowest BCUT2D eigenvalue weighted by Gasteiger charge is -2.39. The smallest absolute Gasteiger partial charge is 0.321 e. The van der Waals surface area contributed by atoms with Crippen LogP contribution in [0.3, 0.4) is 0 Å². The van der Waals surface area contributed by atoms with Crippen LogP contribution in [0.2, 0.25) is 18.1 Å². The van der Waals surface area contributed by atoms with Crippen molar-refractivity contribution >= 4 is 14.3 Å². The SMILES string of the molecule is C[C@@H]1[C@@H](O[Si](C)(C)C(C)(C)C)CN(C)[C@@H]1C(=O)O. The number of hydrogen-bond acceptors (Lipinski definition) is 3. The predicted octanol–water partition coefficient (Wildman–Crippen LogP) is 2.41. The molecule has 106 valence electrons. The Morgan fingerprint density at radius 3 is 2.22 bits per heavy atom. The number of likely N-dealkylation sites (tertiary alicyclic amines) is 1. The molecule has 5 heteroatoms. The molecular formula is C13H27NO3Si. The van der Waals surface area contributed by atoms with Gasteiger partial charge in [-0.25, -0.2) is 0 Å². The lowest BCUT2D eigenvalue weighted by molar-refractivity contribution is -0.143. The Kier molecular flexibility index (Phi) is 4.30. The normalized spacial score (nSPS) is 30.7. The highest BCUT2D eigenvalue weighted by atomic mass is 28.4. The molecule has 0 aromatic carbocycles. The predicted molar refractivity (Wildman–Crippen MR) is 75.3 cm³/mol. The molecule has 0 aromatic heterocycles. The van der Waals surface area contributed by atoms with Crippen LogP contribution >= 0.6 is 0 Å². The van der Waals surface area contributed by atoms with E-state index in [1.165, 1.54) is 0 Å². The summed E-state index contributed by atoms with van der Waals surface area (Å²) < 4.78 is 6.36. The van der Waals surface area contributed by atoms with Crippen molar-refractivity contribution in [1.82, 2.24) is 4.90 Å². The fourth-order valence-corrected chi connectivity index (χ4v) is 3.68. The number of hydrogen-bond donors (Lipinski definition) is 1. The molecule has 0 spiro atoms. The van der Waals surface area contributed by atoms with Gasteiger partial charge in [-0.3, -0.25) is 9.69 Å². The first-order chi connectivity index (χ1) is 7.97. The van der Waals surface area contributed by atoms with Crippen LogP contribution in [0.15, 0.2) is 0 Å². The van der Waals surface area contributed by atoms with Gasteiger partial charge in [0.15, 0.2) is 8.32 Å². The molecule has 0 aliphatic carbocycles. The van der Waals surface area contributed by atoms with E-state index in [9.17, 15) is 9.90 Å². The van der Waals surface area contributed by atoms with Crippen LogP contribution < -0.4 is 0 Å². The van der Waals surface area contributed by atoms with Gasteiger partial charge in [-0.1, -0.05) is 27.7 Å². The van der Waals surface area contributed by atoms with Crippen LogP contribution in [0.1, 0.15) is 27.7 Å². The molecule has 0 radical (unpaired) electrons. The first-order valence-corrected chi connectivity index (χ1v) is 9.49. The van der Waals surface area contributed by atoms with E-state index in [4.69, 9.17) is 4.43 Å². The molecule has 0 saturated carbocycles. The molecule has 1 N–H and O–H groups in total. The summed E-state index contributed by atoms with van der Waals surface area (Å²) >= 11 is 0. The van der Waals surface area contributed by atoms with Gasteiger partial charge in [-0.2, -0.15) is 0 Å².